The second-order valence-electron chi connectivity index (χ2n) is 7.24. The van der Waals surface area contributed by atoms with Crippen LogP contribution >= 0.6 is 11.3 Å². The van der Waals surface area contributed by atoms with Crippen molar-refractivity contribution in [2.45, 2.75) is 32.7 Å². The highest BCUT2D eigenvalue weighted by Crippen LogP contribution is 2.36. The molecule has 3 rings (SSSR count). The number of amides is 2. The number of furan rings is 1. The van der Waals surface area contributed by atoms with Crippen molar-refractivity contribution in [3.8, 4) is 0 Å². The molecule has 6 nitrogen and oxygen atoms in total. The van der Waals surface area contributed by atoms with Crippen LogP contribution in [0.1, 0.15) is 57.8 Å². The largest absolute Gasteiger partial charge is 0.461 e. The van der Waals surface area contributed by atoms with Crippen LogP contribution in [0.15, 0.2) is 34.9 Å². The number of hydrogen-bond donors (Lipinski definition) is 0. The summed E-state index contributed by atoms with van der Waals surface area (Å²) in [4.78, 5) is 42.5. The molecule has 1 aliphatic rings. The van der Waals surface area contributed by atoms with Crippen molar-refractivity contribution in [3.63, 3.8) is 0 Å². The Kier molecular flexibility index (Phi) is 5.79. The Labute approximate surface area is 162 Å². The van der Waals surface area contributed by atoms with Gasteiger partial charge >= 0.3 is 0 Å². The molecule has 0 aliphatic carbocycles. The highest BCUT2D eigenvalue weighted by Gasteiger charge is 2.35. The van der Waals surface area contributed by atoms with Crippen LogP contribution in [0.3, 0.4) is 0 Å². The van der Waals surface area contributed by atoms with Crippen LogP contribution in [-0.2, 0) is 4.79 Å². The molecule has 2 aromatic heterocycles. The molecule has 0 saturated carbocycles. The highest BCUT2D eigenvalue weighted by molar-refractivity contribution is 7.14. The maximum atomic E-state index is 12.6. The summed E-state index contributed by atoms with van der Waals surface area (Å²) < 4.78 is 5.07. The molecular weight excluding hydrogens is 364 g/mol. The normalized spacial score (nSPS) is 16.7. The predicted molar refractivity (Wildman–Crippen MR) is 103 cm³/mol. The minimum atomic E-state index is -0.628. The summed E-state index contributed by atoms with van der Waals surface area (Å²) in [6.07, 6.45) is 3.00. The molecule has 1 unspecified atom stereocenters. The van der Waals surface area contributed by atoms with Gasteiger partial charge < -0.3 is 14.2 Å². The van der Waals surface area contributed by atoms with E-state index in [0.717, 1.165) is 17.7 Å². The molecule has 0 spiro atoms. The van der Waals surface area contributed by atoms with Crippen LogP contribution < -0.4 is 0 Å². The maximum absolute atomic E-state index is 12.6. The van der Waals surface area contributed by atoms with E-state index in [-0.39, 0.29) is 17.7 Å². The van der Waals surface area contributed by atoms with Gasteiger partial charge in [-0.05, 0) is 43.0 Å². The van der Waals surface area contributed by atoms with Gasteiger partial charge in [-0.3, -0.25) is 14.4 Å². The van der Waals surface area contributed by atoms with Crippen molar-refractivity contribution < 1.29 is 18.8 Å². The first kappa shape index (κ1) is 19.4. The number of thiophene rings is 1. The van der Waals surface area contributed by atoms with Crippen LogP contribution in [0, 0.1) is 5.92 Å². The Morgan fingerprint density at radius 3 is 2.74 bits per heavy atom. The Morgan fingerprint density at radius 1 is 1.30 bits per heavy atom. The second kappa shape index (κ2) is 8.08. The van der Waals surface area contributed by atoms with Gasteiger partial charge in [-0.1, -0.05) is 13.8 Å². The van der Waals surface area contributed by atoms with E-state index < -0.39 is 11.7 Å². The lowest BCUT2D eigenvalue weighted by molar-refractivity contribution is -0.127. The fourth-order valence-electron chi connectivity index (χ4n) is 3.41. The zero-order chi connectivity index (χ0) is 19.6. The summed E-state index contributed by atoms with van der Waals surface area (Å²) in [5.74, 6) is -0.735. The van der Waals surface area contributed by atoms with Crippen LogP contribution in [-0.4, -0.2) is 47.5 Å². The molecule has 1 fully saturated rings. The smallest absolute Gasteiger partial charge is 0.298 e. The number of Topliss-reactive ketones (excluding diaryl/α,β-unsaturated/α-hetero) is 1. The minimum absolute atomic E-state index is 0.0116. The molecule has 2 aromatic rings. The SMILES string of the molecule is CC(C)CN(C)C(=O)c1ccc(C2CCCN2C(=O)C(=O)c2ccco2)s1. The minimum Gasteiger partial charge on any atom is -0.461 e. The Morgan fingerprint density at radius 2 is 2.07 bits per heavy atom. The van der Waals surface area contributed by atoms with Crippen LogP contribution in [0.5, 0.6) is 0 Å². The third-order valence-corrected chi connectivity index (χ3v) is 5.78. The van der Waals surface area contributed by atoms with Crippen molar-refractivity contribution in [2.75, 3.05) is 20.1 Å². The van der Waals surface area contributed by atoms with Gasteiger partial charge in [0.25, 0.3) is 17.6 Å². The fourth-order valence-corrected chi connectivity index (χ4v) is 4.57. The molecule has 7 heteroatoms. The first-order chi connectivity index (χ1) is 12.9. The van der Waals surface area contributed by atoms with Gasteiger partial charge in [0.05, 0.1) is 17.2 Å². The summed E-state index contributed by atoms with van der Waals surface area (Å²) in [5.41, 5.74) is 0. The Hall–Kier alpha value is -2.41. The van der Waals surface area contributed by atoms with Gasteiger partial charge in [0, 0.05) is 25.0 Å². The molecule has 27 heavy (non-hydrogen) atoms. The molecule has 2 amide bonds. The Bertz CT molecular complexity index is 825. The van der Waals surface area contributed by atoms with E-state index in [9.17, 15) is 14.4 Å². The number of likely N-dealkylation sites (tertiary alicyclic amines) is 1. The van der Waals surface area contributed by atoms with E-state index in [1.165, 1.54) is 23.7 Å². The van der Waals surface area contributed by atoms with E-state index in [1.54, 1.807) is 22.9 Å². The summed E-state index contributed by atoms with van der Waals surface area (Å²) in [6.45, 7) is 5.37. The third kappa shape index (κ3) is 4.13. The van der Waals surface area contributed by atoms with Crippen molar-refractivity contribution in [2.24, 2.45) is 5.92 Å². The van der Waals surface area contributed by atoms with Gasteiger partial charge in [-0.15, -0.1) is 11.3 Å². The summed E-state index contributed by atoms with van der Waals surface area (Å²) in [6, 6.07) is 6.63. The molecule has 1 atom stereocenters. The van der Waals surface area contributed by atoms with Crippen LogP contribution in [0.4, 0.5) is 0 Å². The zero-order valence-electron chi connectivity index (χ0n) is 15.8. The van der Waals surface area contributed by atoms with Crippen molar-refractivity contribution in [3.05, 3.63) is 46.0 Å². The van der Waals surface area contributed by atoms with Gasteiger partial charge in [-0.2, -0.15) is 0 Å². The third-order valence-electron chi connectivity index (χ3n) is 4.60. The standard InChI is InChI=1S/C20H24N2O4S/c1-13(2)12-21(3)19(24)17-9-8-16(27-17)14-6-4-10-22(14)20(25)18(23)15-7-5-11-26-15/h5,7-9,11,13-14H,4,6,10,12H2,1-3H3. The number of nitrogens with zero attached hydrogens (tertiary/aromatic N) is 2. The molecule has 144 valence electrons. The van der Waals surface area contributed by atoms with Crippen molar-refractivity contribution in [1.29, 1.82) is 0 Å². The summed E-state index contributed by atoms with van der Waals surface area (Å²) in [5, 5.41) is 0. The number of rotatable bonds is 6. The molecule has 0 aromatic carbocycles. The van der Waals surface area contributed by atoms with Gasteiger partial charge in [-0.25, -0.2) is 0 Å². The van der Waals surface area contributed by atoms with Crippen molar-refractivity contribution in [1.82, 2.24) is 9.80 Å². The van der Waals surface area contributed by atoms with Crippen molar-refractivity contribution >= 4 is 28.9 Å². The van der Waals surface area contributed by atoms with E-state index in [4.69, 9.17) is 4.42 Å². The molecule has 1 saturated heterocycles. The van der Waals surface area contributed by atoms with Gasteiger partial charge in [0.1, 0.15) is 0 Å². The van der Waals surface area contributed by atoms with Crippen LogP contribution in [0.2, 0.25) is 0 Å². The van der Waals surface area contributed by atoms with E-state index in [0.29, 0.717) is 23.9 Å². The lowest BCUT2D eigenvalue weighted by atomic mass is 10.1. The van der Waals surface area contributed by atoms with Gasteiger partial charge in [0.15, 0.2) is 5.76 Å². The summed E-state index contributed by atoms with van der Waals surface area (Å²) in [7, 11) is 1.80. The van der Waals surface area contributed by atoms with Crippen LogP contribution in [0.25, 0.3) is 0 Å². The lowest BCUT2D eigenvalue weighted by Crippen LogP contribution is -2.35. The second-order valence-corrected chi connectivity index (χ2v) is 8.36. The average Bonchev–Trinajstić information content (AvgIpc) is 3.39. The first-order valence-corrected chi connectivity index (χ1v) is 9.94. The molecule has 0 bridgehead atoms. The quantitative estimate of drug-likeness (QED) is 0.560. The lowest BCUT2D eigenvalue weighted by Gasteiger charge is -2.22. The summed E-state index contributed by atoms with van der Waals surface area (Å²) >= 11 is 1.40. The molecule has 0 N–H and O–H groups in total. The average molecular weight is 388 g/mol. The topological polar surface area (TPSA) is 70.8 Å². The van der Waals surface area contributed by atoms with E-state index >= 15 is 0 Å². The molecule has 3 heterocycles. The predicted octanol–water partition coefficient (Wildman–Crippen LogP) is 3.62. The number of carbonyl (C=O) groups excluding carboxylic acids is 3. The first-order valence-electron chi connectivity index (χ1n) is 9.12. The number of carbonyl (C=O) groups is 3. The fraction of sp³-hybridized carbons (Fsp3) is 0.450. The Balaban J connectivity index is 1.74. The molecular formula is C20H24N2O4S. The van der Waals surface area contributed by atoms with E-state index in [1.807, 2.05) is 12.1 Å². The highest BCUT2D eigenvalue weighted by atomic mass is 32.1. The zero-order valence-corrected chi connectivity index (χ0v) is 16.6. The number of hydrogen-bond acceptors (Lipinski definition) is 5. The maximum Gasteiger partial charge on any atom is 0.298 e. The van der Waals surface area contributed by atoms with Gasteiger partial charge in [0.2, 0.25) is 0 Å². The molecule has 0 radical (unpaired) electrons. The monoisotopic (exact) mass is 388 g/mol. The molecule has 1 aliphatic heterocycles. The van der Waals surface area contributed by atoms with E-state index in [2.05, 4.69) is 13.8 Å². The number of ketones is 1.